The third-order valence-corrected chi connectivity index (χ3v) is 14.2. The van der Waals surface area contributed by atoms with Crippen LogP contribution >= 0.6 is 7.26 Å². The van der Waals surface area contributed by atoms with Crippen LogP contribution in [0, 0.1) is 0 Å². The Balaban J connectivity index is 0.000000188. The van der Waals surface area contributed by atoms with Crippen LogP contribution in [0.5, 0.6) is 0 Å². The van der Waals surface area contributed by atoms with Gasteiger partial charge in [0.15, 0.2) is 0 Å². The molecule has 0 heterocycles. The lowest BCUT2D eigenvalue weighted by atomic mass is 9.86. The molecule has 0 N–H and O–H groups in total. The van der Waals surface area contributed by atoms with Crippen molar-refractivity contribution in [2.75, 3.05) is 6.66 Å². The number of hydrogen-bond acceptors (Lipinski definition) is 1. The van der Waals surface area contributed by atoms with E-state index in [-0.39, 0.29) is 27.8 Å². The molecule has 7 aromatic carbocycles. The summed E-state index contributed by atoms with van der Waals surface area (Å²) in [6.45, 7) is 19.5. The van der Waals surface area contributed by atoms with Crippen molar-refractivity contribution in [3.05, 3.63) is 217 Å². The van der Waals surface area contributed by atoms with Gasteiger partial charge in [-0.25, -0.2) is 0 Å². The fourth-order valence-electron chi connectivity index (χ4n) is 6.52. The average molecular weight is 832 g/mol. The predicted molar refractivity (Wildman–Crippen MR) is 248 cm³/mol. The number of aldehydes is 1. The third-order valence-electron chi connectivity index (χ3n) is 10.2. The predicted octanol–water partition coefficient (Wildman–Crippen LogP) is 10.4. The van der Waals surface area contributed by atoms with E-state index in [0.717, 1.165) is 17.4 Å². The quantitative estimate of drug-likeness (QED) is 0.116. The fourth-order valence-corrected chi connectivity index (χ4v) is 9.72. The molecule has 1 nitrogen and oxygen atoms in total. The summed E-state index contributed by atoms with van der Waals surface area (Å²) >= 11 is 0. The lowest BCUT2D eigenvalue weighted by Crippen LogP contribution is -3.00. The van der Waals surface area contributed by atoms with Crippen LogP contribution in [-0.4, -0.2) is 13.0 Å². The van der Waals surface area contributed by atoms with E-state index in [1.54, 1.807) is 0 Å². The van der Waals surface area contributed by atoms with E-state index in [1.165, 1.54) is 43.7 Å². The van der Waals surface area contributed by atoms with E-state index in [4.69, 9.17) is 0 Å². The van der Waals surface area contributed by atoms with Gasteiger partial charge in [0.25, 0.3) is 0 Å². The van der Waals surface area contributed by atoms with Crippen molar-refractivity contribution in [1.82, 2.24) is 0 Å². The van der Waals surface area contributed by atoms with Crippen molar-refractivity contribution in [2.45, 2.75) is 52.4 Å². The summed E-state index contributed by atoms with van der Waals surface area (Å²) in [5.41, 5.74) is 9.80. The zero-order chi connectivity index (χ0) is 40.2. The molecule has 0 aliphatic carbocycles. The highest BCUT2D eigenvalue weighted by Crippen LogP contribution is 2.51. The summed E-state index contributed by atoms with van der Waals surface area (Å²) in [6, 6.07) is 66.2. The first-order valence-electron chi connectivity index (χ1n) is 19.4. The molecule has 0 aliphatic rings. The first kappa shape index (κ1) is 44.6. The molecule has 7 aromatic rings. The second-order valence-electron chi connectivity index (χ2n) is 16.2. The van der Waals surface area contributed by atoms with Gasteiger partial charge in [-0.3, -0.25) is 4.79 Å². The average Bonchev–Trinajstić information content (AvgIpc) is 3.24. The molecule has 0 aliphatic heterocycles. The third kappa shape index (κ3) is 11.9. The van der Waals surface area contributed by atoms with E-state index in [9.17, 15) is 4.79 Å². The number of benzene rings is 7. The largest absolute Gasteiger partial charge is 1.00 e. The van der Waals surface area contributed by atoms with Crippen molar-refractivity contribution in [3.63, 3.8) is 0 Å². The second-order valence-corrected chi connectivity index (χ2v) is 19.8. The summed E-state index contributed by atoms with van der Waals surface area (Å²) in [4.78, 5) is 10.6. The Morgan fingerprint density at radius 1 is 0.404 bits per heavy atom. The molecular weight excluding hydrogens is 775 g/mol. The highest BCUT2D eigenvalue weighted by Gasteiger charge is 2.39. The van der Waals surface area contributed by atoms with Crippen molar-refractivity contribution < 1.29 is 21.8 Å². The van der Waals surface area contributed by atoms with Crippen LogP contribution in [0.25, 0.3) is 28.3 Å². The Labute approximate surface area is 353 Å². The Morgan fingerprint density at radius 3 is 0.912 bits per heavy atom. The van der Waals surface area contributed by atoms with Crippen molar-refractivity contribution in [3.8, 4) is 22.3 Å². The number of halogens is 1. The standard InChI is InChI=1S/C19H18P.C18H20.C17H18O.BrH/c1-20(17-11-5-2-6-12-17,18-13-7-3-8-14-18)19-15-9-4-10-16-19;1-5-14-6-8-15(9-7-14)16-10-12-17(13-11-16)18(2,3)4;1-17(2,3)16-10-8-15(9-11-16)14-6-4-13(12-18)5-7-14;/h2-16H,1H3;5-13H,1H2,2-4H3;4-12H,1-3H3;1H/q+1;;;/p-1. The zero-order valence-electron chi connectivity index (χ0n) is 34.5. The van der Waals surface area contributed by atoms with E-state index >= 15 is 0 Å². The van der Waals surface area contributed by atoms with Crippen LogP contribution in [0.4, 0.5) is 0 Å². The number of rotatable bonds is 7. The number of carbonyl (C=O) groups excluding carboxylic acids is 1. The van der Waals surface area contributed by atoms with Crippen molar-refractivity contribution in [2.24, 2.45) is 0 Å². The molecule has 0 aromatic heterocycles. The van der Waals surface area contributed by atoms with Gasteiger partial charge in [0.1, 0.15) is 29.5 Å². The molecular formula is C54H56BrOP. The Morgan fingerprint density at radius 2 is 0.667 bits per heavy atom. The smallest absolute Gasteiger partial charge is 0.150 e. The number of carbonyl (C=O) groups is 1. The molecule has 0 saturated carbocycles. The van der Waals surface area contributed by atoms with Gasteiger partial charge in [-0.1, -0.05) is 206 Å². The van der Waals surface area contributed by atoms with Crippen molar-refractivity contribution in [1.29, 1.82) is 0 Å². The van der Waals surface area contributed by atoms with Gasteiger partial charge in [-0.2, -0.15) is 0 Å². The molecule has 0 amide bonds. The highest BCUT2D eigenvalue weighted by molar-refractivity contribution is 7.95. The van der Waals surface area contributed by atoms with E-state index < -0.39 is 7.26 Å². The van der Waals surface area contributed by atoms with Crippen LogP contribution in [0.15, 0.2) is 195 Å². The van der Waals surface area contributed by atoms with Crippen LogP contribution < -0.4 is 32.9 Å². The zero-order valence-corrected chi connectivity index (χ0v) is 37.0. The molecule has 0 unspecified atom stereocenters. The molecule has 0 atom stereocenters. The monoisotopic (exact) mass is 830 g/mol. The minimum absolute atomic E-state index is 0. The van der Waals surface area contributed by atoms with Gasteiger partial charge in [0.2, 0.25) is 0 Å². The van der Waals surface area contributed by atoms with Gasteiger partial charge in [0, 0.05) is 5.56 Å². The minimum Gasteiger partial charge on any atom is -1.00 e. The maximum Gasteiger partial charge on any atom is 0.150 e. The Bertz CT molecular complexity index is 2050. The summed E-state index contributed by atoms with van der Waals surface area (Å²) in [5.74, 6) is 0. The summed E-state index contributed by atoms with van der Waals surface area (Å²) < 4.78 is 0. The first-order valence-corrected chi connectivity index (χ1v) is 21.6. The lowest BCUT2D eigenvalue weighted by Gasteiger charge is -2.22. The van der Waals surface area contributed by atoms with Crippen LogP contribution in [0.1, 0.15) is 68.6 Å². The molecule has 57 heavy (non-hydrogen) atoms. The van der Waals surface area contributed by atoms with Crippen LogP contribution in [-0.2, 0) is 10.8 Å². The topological polar surface area (TPSA) is 17.1 Å². The SMILES string of the molecule is C=Cc1ccc(-c2ccc(C(C)(C)C)cc2)cc1.CC(C)(C)c1ccc(-c2ccc(C=O)cc2)cc1.C[P+](c1ccccc1)(c1ccccc1)c1ccccc1.[Br-]. The molecule has 0 fully saturated rings. The molecule has 0 bridgehead atoms. The summed E-state index contributed by atoms with van der Waals surface area (Å²) in [7, 11) is -1.53. The van der Waals surface area contributed by atoms with Crippen LogP contribution in [0.3, 0.4) is 0 Å². The normalized spacial score (nSPS) is 11.1. The maximum atomic E-state index is 10.6. The van der Waals surface area contributed by atoms with Gasteiger partial charge >= 0.3 is 0 Å². The number of hydrogen-bond donors (Lipinski definition) is 0. The Kier molecular flexibility index (Phi) is 15.9. The first-order chi connectivity index (χ1) is 26.8. The molecule has 3 heteroatoms. The van der Waals surface area contributed by atoms with E-state index in [1.807, 2.05) is 30.3 Å². The molecule has 0 spiro atoms. The maximum absolute atomic E-state index is 10.6. The lowest BCUT2D eigenvalue weighted by molar-refractivity contribution is -0.0000182. The molecule has 0 radical (unpaired) electrons. The second kappa shape index (κ2) is 20.3. The molecule has 0 saturated heterocycles. The molecule has 7 rings (SSSR count). The summed E-state index contributed by atoms with van der Waals surface area (Å²) in [6.07, 6.45) is 2.74. The van der Waals surface area contributed by atoms with E-state index in [2.05, 4.69) is 219 Å². The van der Waals surface area contributed by atoms with E-state index in [0.29, 0.717) is 5.56 Å². The van der Waals surface area contributed by atoms with Crippen molar-refractivity contribution >= 4 is 35.5 Å². The van der Waals surface area contributed by atoms with Gasteiger partial charge in [-0.05, 0) is 86.2 Å². The fraction of sp³-hybridized carbons (Fsp3) is 0.167. The minimum atomic E-state index is -1.53. The molecule has 290 valence electrons. The van der Waals surface area contributed by atoms with Gasteiger partial charge in [-0.15, -0.1) is 0 Å². The highest BCUT2D eigenvalue weighted by atomic mass is 79.9. The Hall–Kier alpha value is -5.14. The summed E-state index contributed by atoms with van der Waals surface area (Å²) in [5, 5.41) is 4.28. The van der Waals surface area contributed by atoms with Crippen LogP contribution in [0.2, 0.25) is 0 Å². The van der Waals surface area contributed by atoms with Gasteiger partial charge < -0.3 is 17.0 Å². The van der Waals surface area contributed by atoms with Gasteiger partial charge in [0.05, 0.1) is 6.66 Å².